The van der Waals surface area contributed by atoms with Gasteiger partial charge in [0.05, 0.1) is 6.20 Å². The predicted octanol–water partition coefficient (Wildman–Crippen LogP) is 3.27. The number of hydrogen-bond donors (Lipinski definition) is 0. The summed E-state index contributed by atoms with van der Waals surface area (Å²) in [5, 5.41) is 0. The summed E-state index contributed by atoms with van der Waals surface area (Å²) in [5.41, 5.74) is 0.989. The number of hydrogen-bond acceptors (Lipinski definition) is 2. The van der Waals surface area contributed by atoms with Crippen molar-refractivity contribution in [1.82, 2.24) is 4.98 Å². The molecule has 0 aliphatic carbocycles. The van der Waals surface area contributed by atoms with Crippen LogP contribution < -0.4 is 4.74 Å². The lowest BCUT2D eigenvalue weighted by atomic mass is 10.2. The maximum Gasteiger partial charge on any atom is 0.149 e. The second kappa shape index (κ2) is 6.07. The van der Waals surface area contributed by atoms with Crippen LogP contribution in [0.15, 0.2) is 53.3 Å². The van der Waals surface area contributed by atoms with Crippen LogP contribution in [0, 0.1) is 11.8 Å². The molecule has 1 aromatic heterocycles. The number of aromatic nitrogens is 1. The van der Waals surface area contributed by atoms with E-state index in [1.165, 1.54) is 0 Å². The Hall–Kier alpha value is -1.79. The maximum absolute atomic E-state index is 5.44. The minimum absolute atomic E-state index is 0.354. The van der Waals surface area contributed by atoms with E-state index in [2.05, 4.69) is 32.8 Å². The predicted molar refractivity (Wildman–Crippen MR) is 70.8 cm³/mol. The topological polar surface area (TPSA) is 22.1 Å². The zero-order valence-electron chi connectivity index (χ0n) is 9.06. The van der Waals surface area contributed by atoms with Crippen molar-refractivity contribution in [3.63, 3.8) is 0 Å². The molecule has 0 N–H and O–H groups in total. The van der Waals surface area contributed by atoms with Gasteiger partial charge in [0, 0.05) is 16.2 Å². The van der Waals surface area contributed by atoms with E-state index in [-0.39, 0.29) is 0 Å². The summed E-state index contributed by atoms with van der Waals surface area (Å²) in [4.78, 5) is 4.00. The van der Waals surface area contributed by atoms with Crippen molar-refractivity contribution in [1.29, 1.82) is 0 Å². The molecule has 2 nitrogen and oxygen atoms in total. The first-order valence-electron chi connectivity index (χ1n) is 5.12. The first-order chi connectivity index (χ1) is 8.34. The van der Waals surface area contributed by atoms with Crippen LogP contribution in [0.25, 0.3) is 0 Å². The summed E-state index contributed by atoms with van der Waals surface area (Å²) in [6.07, 6.45) is 3.37. The van der Waals surface area contributed by atoms with E-state index in [1.807, 2.05) is 36.4 Å². The Balaban J connectivity index is 1.90. The van der Waals surface area contributed by atoms with Crippen molar-refractivity contribution in [2.75, 3.05) is 6.61 Å². The third-order valence-corrected chi connectivity index (χ3v) is 2.43. The highest BCUT2D eigenvalue weighted by molar-refractivity contribution is 9.10. The van der Waals surface area contributed by atoms with Crippen LogP contribution in [0.4, 0.5) is 0 Å². The number of rotatable bonds is 2. The van der Waals surface area contributed by atoms with Crippen molar-refractivity contribution >= 4 is 15.9 Å². The summed E-state index contributed by atoms with van der Waals surface area (Å²) in [6.45, 7) is 0.354. The molecule has 0 unspecified atom stereocenters. The monoisotopic (exact) mass is 287 g/mol. The molecule has 0 fully saturated rings. The van der Waals surface area contributed by atoms with Gasteiger partial charge in [0.25, 0.3) is 0 Å². The summed E-state index contributed by atoms with van der Waals surface area (Å²) in [7, 11) is 0. The van der Waals surface area contributed by atoms with Crippen LogP contribution in [0.1, 0.15) is 5.56 Å². The number of pyridine rings is 1. The Bertz CT molecular complexity index is 543. The average Bonchev–Trinajstić information content (AvgIpc) is 2.36. The van der Waals surface area contributed by atoms with Crippen LogP contribution in [-0.4, -0.2) is 11.6 Å². The van der Waals surface area contributed by atoms with E-state index in [9.17, 15) is 0 Å². The molecule has 0 aliphatic rings. The number of halogens is 1. The molecule has 0 aliphatic heterocycles. The summed E-state index contributed by atoms with van der Waals surface area (Å²) in [5.74, 6) is 6.69. The normalized spacial score (nSPS) is 9.24. The van der Waals surface area contributed by atoms with Crippen molar-refractivity contribution < 1.29 is 4.74 Å². The van der Waals surface area contributed by atoms with Gasteiger partial charge < -0.3 is 4.74 Å². The Morgan fingerprint density at radius 3 is 2.76 bits per heavy atom. The molecular weight excluding hydrogens is 278 g/mol. The summed E-state index contributed by atoms with van der Waals surface area (Å²) < 4.78 is 6.34. The van der Waals surface area contributed by atoms with E-state index in [0.717, 1.165) is 10.0 Å². The number of nitrogens with zero attached hydrogens (tertiary/aromatic N) is 1. The average molecular weight is 288 g/mol. The number of benzene rings is 1. The van der Waals surface area contributed by atoms with E-state index in [4.69, 9.17) is 4.74 Å². The van der Waals surface area contributed by atoms with E-state index >= 15 is 0 Å². The minimum atomic E-state index is 0.354. The molecule has 0 bridgehead atoms. The highest BCUT2D eigenvalue weighted by Crippen LogP contribution is 2.15. The van der Waals surface area contributed by atoms with Gasteiger partial charge in [-0.05, 0) is 34.1 Å². The Kier molecular flexibility index (Phi) is 4.17. The molecule has 0 saturated heterocycles. The molecule has 0 saturated carbocycles. The van der Waals surface area contributed by atoms with Gasteiger partial charge in [-0.25, -0.2) is 0 Å². The van der Waals surface area contributed by atoms with Gasteiger partial charge in [-0.2, -0.15) is 0 Å². The van der Waals surface area contributed by atoms with Gasteiger partial charge in [0.1, 0.15) is 12.4 Å². The SMILES string of the molecule is Brc1cncc(OCC#Cc2ccccc2)c1. The van der Waals surface area contributed by atoms with Gasteiger partial charge in [0.15, 0.2) is 0 Å². The fraction of sp³-hybridized carbons (Fsp3) is 0.0714. The van der Waals surface area contributed by atoms with Crippen molar-refractivity contribution in [2.24, 2.45) is 0 Å². The third-order valence-electron chi connectivity index (χ3n) is 2.00. The zero-order valence-corrected chi connectivity index (χ0v) is 10.6. The molecule has 0 amide bonds. The first kappa shape index (κ1) is 11.7. The molecule has 0 atom stereocenters. The van der Waals surface area contributed by atoms with Gasteiger partial charge in [-0.1, -0.05) is 30.0 Å². The van der Waals surface area contributed by atoms with Gasteiger partial charge in [0.2, 0.25) is 0 Å². The fourth-order valence-corrected chi connectivity index (χ4v) is 1.59. The van der Waals surface area contributed by atoms with E-state index < -0.39 is 0 Å². The largest absolute Gasteiger partial charge is 0.479 e. The van der Waals surface area contributed by atoms with Gasteiger partial charge in [-0.15, -0.1) is 0 Å². The molecule has 2 aromatic rings. The van der Waals surface area contributed by atoms with Crippen LogP contribution >= 0.6 is 15.9 Å². The maximum atomic E-state index is 5.44. The van der Waals surface area contributed by atoms with E-state index in [1.54, 1.807) is 12.4 Å². The molecule has 2 rings (SSSR count). The summed E-state index contributed by atoms with van der Waals surface area (Å²) in [6, 6.07) is 11.7. The Labute approximate surface area is 109 Å². The summed E-state index contributed by atoms with van der Waals surface area (Å²) >= 11 is 3.33. The standard InChI is InChI=1S/C14H10BrNO/c15-13-9-14(11-16-10-13)17-8-4-7-12-5-2-1-3-6-12/h1-3,5-6,9-11H,8H2. The van der Waals surface area contributed by atoms with Crippen molar-refractivity contribution in [3.05, 3.63) is 58.8 Å². The lowest BCUT2D eigenvalue weighted by Crippen LogP contribution is -1.94. The fourth-order valence-electron chi connectivity index (χ4n) is 1.25. The quantitative estimate of drug-likeness (QED) is 0.791. The Morgan fingerprint density at radius 2 is 2.00 bits per heavy atom. The molecular formula is C14H10BrNO. The lowest BCUT2D eigenvalue weighted by molar-refractivity contribution is 0.368. The third kappa shape index (κ3) is 3.93. The minimum Gasteiger partial charge on any atom is -0.479 e. The van der Waals surface area contributed by atoms with Gasteiger partial charge >= 0.3 is 0 Å². The molecule has 17 heavy (non-hydrogen) atoms. The van der Waals surface area contributed by atoms with Gasteiger partial charge in [-0.3, -0.25) is 4.98 Å². The number of ether oxygens (including phenoxy) is 1. The molecule has 0 spiro atoms. The molecule has 1 heterocycles. The highest BCUT2D eigenvalue weighted by atomic mass is 79.9. The molecule has 3 heteroatoms. The zero-order chi connectivity index (χ0) is 11.9. The van der Waals surface area contributed by atoms with Crippen LogP contribution in [0.5, 0.6) is 5.75 Å². The second-order valence-electron chi connectivity index (χ2n) is 3.30. The van der Waals surface area contributed by atoms with Crippen molar-refractivity contribution in [2.45, 2.75) is 0 Å². The Morgan fingerprint density at radius 1 is 1.18 bits per heavy atom. The van der Waals surface area contributed by atoms with E-state index in [0.29, 0.717) is 12.4 Å². The highest BCUT2D eigenvalue weighted by Gasteiger charge is 1.93. The molecule has 84 valence electrons. The van der Waals surface area contributed by atoms with Crippen LogP contribution in [-0.2, 0) is 0 Å². The first-order valence-corrected chi connectivity index (χ1v) is 5.91. The van der Waals surface area contributed by atoms with Crippen molar-refractivity contribution in [3.8, 4) is 17.6 Å². The second-order valence-corrected chi connectivity index (χ2v) is 4.21. The smallest absolute Gasteiger partial charge is 0.149 e. The van der Waals surface area contributed by atoms with Crippen LogP contribution in [0.2, 0.25) is 0 Å². The van der Waals surface area contributed by atoms with Crippen LogP contribution in [0.3, 0.4) is 0 Å². The molecule has 1 aromatic carbocycles. The lowest BCUT2D eigenvalue weighted by Gasteiger charge is -2.00. The molecule has 0 radical (unpaired) electrons.